The third-order valence-corrected chi connectivity index (χ3v) is 5.18. The molecule has 1 heterocycles. The van der Waals surface area contributed by atoms with Gasteiger partial charge in [-0.25, -0.2) is 18.4 Å². The number of benzene rings is 1. The molecule has 0 radical (unpaired) electrons. The number of amides is 2. The van der Waals surface area contributed by atoms with Gasteiger partial charge in [-0.15, -0.1) is 0 Å². The predicted octanol–water partition coefficient (Wildman–Crippen LogP) is 4.11. The fourth-order valence-corrected chi connectivity index (χ4v) is 3.70. The van der Waals surface area contributed by atoms with Crippen molar-refractivity contribution in [2.45, 2.75) is 51.5 Å². The molecule has 1 fully saturated rings. The number of urea groups is 1. The fourth-order valence-electron chi connectivity index (χ4n) is 3.70. The SMILES string of the molecule is CCC1=C(C(=O)OCC2CCCCC2)C(c2ccc(F)c(F)c2)NC(=O)N1. The van der Waals surface area contributed by atoms with E-state index in [4.69, 9.17) is 4.74 Å². The molecular formula is C20H24F2N2O3. The zero-order valence-corrected chi connectivity index (χ0v) is 15.3. The minimum atomic E-state index is -1.03. The lowest BCUT2D eigenvalue weighted by Crippen LogP contribution is -2.46. The molecule has 0 saturated heterocycles. The normalized spacial score (nSPS) is 20.9. The second-order valence-electron chi connectivity index (χ2n) is 7.05. The van der Waals surface area contributed by atoms with Crippen molar-refractivity contribution in [1.29, 1.82) is 0 Å². The summed E-state index contributed by atoms with van der Waals surface area (Å²) in [7, 11) is 0. The Morgan fingerprint density at radius 2 is 1.93 bits per heavy atom. The smallest absolute Gasteiger partial charge is 0.338 e. The third-order valence-electron chi connectivity index (χ3n) is 5.18. The summed E-state index contributed by atoms with van der Waals surface area (Å²) in [6.45, 7) is 2.13. The number of rotatable bonds is 5. The Kier molecular flexibility index (Phi) is 6.08. The van der Waals surface area contributed by atoms with E-state index in [1.54, 1.807) is 6.92 Å². The van der Waals surface area contributed by atoms with Gasteiger partial charge in [0.15, 0.2) is 11.6 Å². The Morgan fingerprint density at radius 1 is 1.19 bits per heavy atom. The molecule has 1 atom stereocenters. The number of hydrogen-bond acceptors (Lipinski definition) is 3. The molecule has 3 rings (SSSR count). The number of allylic oxidation sites excluding steroid dienone is 1. The van der Waals surface area contributed by atoms with Gasteiger partial charge < -0.3 is 15.4 Å². The highest BCUT2D eigenvalue weighted by molar-refractivity contribution is 5.95. The largest absolute Gasteiger partial charge is 0.462 e. The van der Waals surface area contributed by atoms with E-state index in [0.29, 0.717) is 30.2 Å². The lowest BCUT2D eigenvalue weighted by Gasteiger charge is -2.30. The van der Waals surface area contributed by atoms with Gasteiger partial charge in [-0.05, 0) is 42.9 Å². The highest BCUT2D eigenvalue weighted by Crippen LogP contribution is 2.30. The first-order chi connectivity index (χ1) is 13.0. The molecule has 1 aliphatic carbocycles. The summed E-state index contributed by atoms with van der Waals surface area (Å²) in [4.78, 5) is 24.8. The standard InChI is InChI=1S/C20H24F2N2O3/c1-2-16-17(19(25)27-11-12-6-4-3-5-7-12)18(24-20(26)23-16)13-8-9-14(21)15(22)10-13/h8-10,12,18H,2-7,11H2,1H3,(H2,23,24,26). The van der Waals surface area contributed by atoms with E-state index in [1.165, 1.54) is 12.5 Å². The number of hydrogen-bond donors (Lipinski definition) is 2. The monoisotopic (exact) mass is 378 g/mol. The van der Waals surface area contributed by atoms with Gasteiger partial charge >= 0.3 is 12.0 Å². The number of carbonyl (C=O) groups excluding carboxylic acids is 2. The average Bonchev–Trinajstić information content (AvgIpc) is 2.68. The molecule has 0 aromatic heterocycles. The second-order valence-corrected chi connectivity index (χ2v) is 7.05. The van der Waals surface area contributed by atoms with Crippen molar-refractivity contribution >= 4 is 12.0 Å². The Balaban J connectivity index is 1.84. The number of halogens is 2. The van der Waals surface area contributed by atoms with E-state index in [2.05, 4.69) is 10.6 Å². The third kappa shape index (κ3) is 4.46. The van der Waals surface area contributed by atoms with Gasteiger partial charge in [0.1, 0.15) is 0 Å². The van der Waals surface area contributed by atoms with E-state index in [0.717, 1.165) is 37.8 Å². The molecule has 5 nitrogen and oxygen atoms in total. The van der Waals surface area contributed by atoms with Crippen LogP contribution in [-0.2, 0) is 9.53 Å². The zero-order chi connectivity index (χ0) is 19.4. The predicted molar refractivity (Wildman–Crippen MR) is 95.6 cm³/mol. The lowest BCUT2D eigenvalue weighted by atomic mass is 9.90. The zero-order valence-electron chi connectivity index (χ0n) is 15.3. The molecule has 2 N–H and O–H groups in total. The Morgan fingerprint density at radius 3 is 2.59 bits per heavy atom. The molecule has 1 aromatic carbocycles. The number of nitrogens with one attached hydrogen (secondary N) is 2. The van der Waals surface area contributed by atoms with Crippen LogP contribution in [0.1, 0.15) is 57.1 Å². The van der Waals surface area contributed by atoms with Crippen LogP contribution in [0, 0.1) is 17.6 Å². The molecule has 1 aromatic rings. The molecular weight excluding hydrogens is 354 g/mol. The van der Waals surface area contributed by atoms with Gasteiger partial charge in [-0.3, -0.25) is 0 Å². The molecule has 2 aliphatic rings. The summed E-state index contributed by atoms with van der Waals surface area (Å²) in [5.41, 5.74) is 0.959. The highest BCUT2D eigenvalue weighted by atomic mass is 19.2. The first-order valence-electron chi connectivity index (χ1n) is 9.42. The van der Waals surface area contributed by atoms with Crippen molar-refractivity contribution in [2.24, 2.45) is 5.92 Å². The average molecular weight is 378 g/mol. The molecule has 0 bridgehead atoms. The molecule has 27 heavy (non-hydrogen) atoms. The summed E-state index contributed by atoms with van der Waals surface area (Å²) in [6.07, 6.45) is 5.97. The van der Waals surface area contributed by atoms with Crippen LogP contribution in [0.4, 0.5) is 13.6 Å². The van der Waals surface area contributed by atoms with E-state index in [1.807, 2.05) is 0 Å². The molecule has 2 amide bonds. The Labute approximate surface area is 157 Å². The summed E-state index contributed by atoms with van der Waals surface area (Å²) in [5.74, 6) is -2.21. The minimum Gasteiger partial charge on any atom is -0.462 e. The molecule has 7 heteroatoms. The van der Waals surface area contributed by atoms with Gasteiger partial charge in [0.25, 0.3) is 0 Å². The lowest BCUT2D eigenvalue weighted by molar-refractivity contribution is -0.141. The molecule has 146 valence electrons. The molecule has 1 saturated carbocycles. The highest BCUT2D eigenvalue weighted by Gasteiger charge is 2.34. The Hall–Kier alpha value is -2.44. The number of carbonyl (C=O) groups is 2. The van der Waals surface area contributed by atoms with E-state index < -0.39 is 29.7 Å². The molecule has 1 unspecified atom stereocenters. The van der Waals surface area contributed by atoms with E-state index >= 15 is 0 Å². The maximum Gasteiger partial charge on any atom is 0.338 e. The van der Waals surface area contributed by atoms with Crippen molar-refractivity contribution < 1.29 is 23.1 Å². The van der Waals surface area contributed by atoms with Crippen LogP contribution in [0.2, 0.25) is 0 Å². The summed E-state index contributed by atoms with van der Waals surface area (Å²) in [6, 6.07) is 1.95. The van der Waals surface area contributed by atoms with Gasteiger partial charge in [0, 0.05) is 5.70 Å². The minimum absolute atomic E-state index is 0.235. The van der Waals surface area contributed by atoms with Gasteiger partial charge in [0.05, 0.1) is 18.2 Å². The second kappa shape index (κ2) is 8.50. The number of esters is 1. The van der Waals surface area contributed by atoms with Crippen LogP contribution < -0.4 is 10.6 Å². The number of ether oxygens (including phenoxy) is 1. The van der Waals surface area contributed by atoms with Gasteiger partial charge in [-0.1, -0.05) is 32.3 Å². The topological polar surface area (TPSA) is 67.4 Å². The van der Waals surface area contributed by atoms with Gasteiger partial charge in [-0.2, -0.15) is 0 Å². The first-order valence-corrected chi connectivity index (χ1v) is 9.42. The van der Waals surface area contributed by atoms with Crippen molar-refractivity contribution in [3.63, 3.8) is 0 Å². The summed E-state index contributed by atoms with van der Waals surface area (Å²) < 4.78 is 32.5. The van der Waals surface area contributed by atoms with Crippen LogP contribution >= 0.6 is 0 Å². The molecule has 1 aliphatic heterocycles. The summed E-state index contributed by atoms with van der Waals surface area (Å²) in [5, 5.41) is 5.24. The van der Waals surface area contributed by atoms with E-state index in [9.17, 15) is 18.4 Å². The Bertz CT molecular complexity index is 758. The van der Waals surface area contributed by atoms with Crippen molar-refractivity contribution in [3.05, 3.63) is 46.7 Å². The van der Waals surface area contributed by atoms with Crippen molar-refractivity contribution in [1.82, 2.24) is 10.6 Å². The van der Waals surface area contributed by atoms with Crippen molar-refractivity contribution in [3.8, 4) is 0 Å². The van der Waals surface area contributed by atoms with Gasteiger partial charge in [0.2, 0.25) is 0 Å². The van der Waals surface area contributed by atoms with Crippen molar-refractivity contribution in [2.75, 3.05) is 6.61 Å². The molecule has 0 spiro atoms. The van der Waals surface area contributed by atoms with E-state index in [-0.39, 0.29) is 5.57 Å². The van der Waals surface area contributed by atoms with Crippen LogP contribution in [0.15, 0.2) is 29.5 Å². The van der Waals surface area contributed by atoms with Crippen LogP contribution in [0.25, 0.3) is 0 Å². The van der Waals surface area contributed by atoms with Crippen LogP contribution in [-0.4, -0.2) is 18.6 Å². The van der Waals surface area contributed by atoms with Crippen LogP contribution in [0.3, 0.4) is 0 Å². The maximum absolute atomic E-state index is 13.7. The quantitative estimate of drug-likeness (QED) is 0.758. The fraction of sp³-hybridized carbons (Fsp3) is 0.500. The maximum atomic E-state index is 13.7. The van der Waals surface area contributed by atoms with Crippen LogP contribution in [0.5, 0.6) is 0 Å². The first kappa shape index (κ1) is 19.3. The summed E-state index contributed by atoms with van der Waals surface area (Å²) >= 11 is 0.